The Morgan fingerprint density at radius 1 is 1.00 bits per heavy atom. The van der Waals surface area contributed by atoms with Gasteiger partial charge < -0.3 is 14.4 Å². The highest BCUT2D eigenvalue weighted by atomic mass is 32.2. The first-order chi connectivity index (χ1) is 11.8. The van der Waals surface area contributed by atoms with Crippen molar-refractivity contribution in [3.63, 3.8) is 0 Å². The maximum Gasteiger partial charge on any atom is 0.232 e. The van der Waals surface area contributed by atoms with Crippen LogP contribution in [-0.2, 0) is 14.3 Å². The summed E-state index contributed by atoms with van der Waals surface area (Å²) in [5.41, 5.74) is 0. The van der Waals surface area contributed by atoms with E-state index >= 15 is 0 Å². The molecule has 5 nitrogen and oxygen atoms in total. The standard InChI is InChI=1S/C18H32N2O3S/c21-18(15-24-17-3-1-2-4-17)20(16-5-11-22-12-6-16)8-7-19-9-13-23-14-10-19/h16-17H,1-15H2. The molecular weight excluding hydrogens is 324 g/mol. The van der Waals surface area contributed by atoms with Gasteiger partial charge in [-0.1, -0.05) is 12.8 Å². The highest BCUT2D eigenvalue weighted by molar-refractivity contribution is 8.00. The Kier molecular flexibility index (Phi) is 7.70. The normalized spacial score (nSPS) is 24.3. The molecule has 3 rings (SSSR count). The van der Waals surface area contributed by atoms with Gasteiger partial charge in [-0.2, -0.15) is 0 Å². The Morgan fingerprint density at radius 2 is 1.67 bits per heavy atom. The topological polar surface area (TPSA) is 42.0 Å². The van der Waals surface area contributed by atoms with Crippen LogP contribution in [0.25, 0.3) is 0 Å². The third-order valence-corrected chi connectivity index (χ3v) is 6.81. The zero-order valence-electron chi connectivity index (χ0n) is 14.8. The molecule has 0 atom stereocenters. The Morgan fingerprint density at radius 3 is 2.38 bits per heavy atom. The minimum absolute atomic E-state index is 0.340. The van der Waals surface area contributed by atoms with Gasteiger partial charge in [0.2, 0.25) is 5.91 Å². The second-order valence-corrected chi connectivity index (χ2v) is 8.39. The van der Waals surface area contributed by atoms with E-state index in [9.17, 15) is 4.79 Å². The molecule has 0 radical (unpaired) electrons. The van der Waals surface area contributed by atoms with Crippen LogP contribution in [0, 0.1) is 0 Å². The summed E-state index contributed by atoms with van der Waals surface area (Å²) in [5, 5.41) is 0.713. The molecule has 138 valence electrons. The number of carbonyl (C=O) groups excluding carboxylic acids is 1. The fraction of sp³-hybridized carbons (Fsp3) is 0.944. The molecule has 0 N–H and O–H groups in total. The second kappa shape index (κ2) is 10.00. The number of morpholine rings is 1. The molecule has 0 aromatic rings. The summed E-state index contributed by atoms with van der Waals surface area (Å²) in [6, 6.07) is 0.372. The first-order valence-corrected chi connectivity index (χ1v) is 10.7. The van der Waals surface area contributed by atoms with Gasteiger partial charge in [0.25, 0.3) is 0 Å². The molecule has 0 spiro atoms. The van der Waals surface area contributed by atoms with Crippen LogP contribution in [0.3, 0.4) is 0 Å². The minimum Gasteiger partial charge on any atom is -0.381 e. The smallest absolute Gasteiger partial charge is 0.232 e. The molecule has 2 heterocycles. The summed E-state index contributed by atoms with van der Waals surface area (Å²) in [7, 11) is 0. The molecule has 1 aliphatic carbocycles. The van der Waals surface area contributed by atoms with E-state index in [1.54, 1.807) is 0 Å². The number of nitrogens with zero attached hydrogens (tertiary/aromatic N) is 2. The maximum atomic E-state index is 12.9. The van der Waals surface area contributed by atoms with E-state index in [0.29, 0.717) is 23.0 Å². The number of carbonyl (C=O) groups is 1. The molecule has 0 aromatic carbocycles. The highest BCUT2D eigenvalue weighted by Crippen LogP contribution is 2.29. The van der Waals surface area contributed by atoms with Crippen LogP contribution in [-0.4, -0.2) is 85.4 Å². The lowest BCUT2D eigenvalue weighted by molar-refractivity contribution is -0.133. The number of rotatable bonds is 7. The molecule has 6 heteroatoms. The summed E-state index contributed by atoms with van der Waals surface area (Å²) in [4.78, 5) is 17.5. The van der Waals surface area contributed by atoms with E-state index in [2.05, 4.69) is 9.80 Å². The third-order valence-electron chi connectivity index (χ3n) is 5.46. The van der Waals surface area contributed by atoms with Crippen molar-refractivity contribution in [1.82, 2.24) is 9.80 Å². The fourth-order valence-electron chi connectivity index (χ4n) is 3.91. The molecule has 2 aliphatic heterocycles. The summed E-state index contributed by atoms with van der Waals surface area (Å²) in [5.74, 6) is 0.998. The van der Waals surface area contributed by atoms with Crippen LogP contribution in [0.2, 0.25) is 0 Å². The molecule has 1 amide bonds. The minimum atomic E-state index is 0.340. The van der Waals surface area contributed by atoms with Crippen LogP contribution in [0.4, 0.5) is 0 Å². The quantitative estimate of drug-likeness (QED) is 0.698. The van der Waals surface area contributed by atoms with Crippen molar-refractivity contribution in [2.75, 3.05) is 58.4 Å². The number of hydrogen-bond donors (Lipinski definition) is 0. The van der Waals surface area contributed by atoms with Gasteiger partial charge in [0.15, 0.2) is 0 Å². The van der Waals surface area contributed by atoms with E-state index in [1.807, 2.05) is 11.8 Å². The molecule has 1 saturated carbocycles. The SMILES string of the molecule is O=C(CSC1CCCC1)N(CCN1CCOCC1)C1CCOCC1. The zero-order valence-corrected chi connectivity index (χ0v) is 15.6. The molecule has 0 bridgehead atoms. The van der Waals surface area contributed by atoms with Gasteiger partial charge >= 0.3 is 0 Å². The van der Waals surface area contributed by atoms with Crippen molar-refractivity contribution in [1.29, 1.82) is 0 Å². The van der Waals surface area contributed by atoms with Crippen molar-refractivity contribution in [3.8, 4) is 0 Å². The van der Waals surface area contributed by atoms with Gasteiger partial charge in [0, 0.05) is 50.7 Å². The first kappa shape index (κ1) is 18.5. The largest absolute Gasteiger partial charge is 0.381 e. The first-order valence-electron chi connectivity index (χ1n) is 9.62. The van der Waals surface area contributed by atoms with Gasteiger partial charge in [0.05, 0.1) is 19.0 Å². The molecule has 3 fully saturated rings. The van der Waals surface area contributed by atoms with Crippen molar-refractivity contribution in [3.05, 3.63) is 0 Å². The van der Waals surface area contributed by atoms with Crippen LogP contribution in [0.1, 0.15) is 38.5 Å². The lowest BCUT2D eigenvalue weighted by Gasteiger charge is -2.36. The van der Waals surface area contributed by atoms with Gasteiger partial charge in [-0.15, -0.1) is 11.8 Å². The Labute approximate surface area is 150 Å². The van der Waals surface area contributed by atoms with Crippen molar-refractivity contribution in [2.24, 2.45) is 0 Å². The van der Waals surface area contributed by atoms with Crippen LogP contribution < -0.4 is 0 Å². The Hall–Kier alpha value is -0.300. The lowest BCUT2D eigenvalue weighted by atomic mass is 10.1. The number of ether oxygens (including phenoxy) is 2. The molecule has 2 saturated heterocycles. The zero-order chi connectivity index (χ0) is 16.6. The van der Waals surface area contributed by atoms with Crippen LogP contribution in [0.15, 0.2) is 0 Å². The van der Waals surface area contributed by atoms with E-state index in [1.165, 1.54) is 25.7 Å². The summed E-state index contributed by atoms with van der Waals surface area (Å²) >= 11 is 1.89. The fourth-order valence-corrected chi connectivity index (χ4v) is 5.12. The van der Waals surface area contributed by atoms with E-state index in [4.69, 9.17) is 9.47 Å². The van der Waals surface area contributed by atoms with E-state index in [-0.39, 0.29) is 0 Å². The van der Waals surface area contributed by atoms with Crippen molar-refractivity contribution < 1.29 is 14.3 Å². The molecule has 24 heavy (non-hydrogen) atoms. The Balaban J connectivity index is 1.50. The van der Waals surface area contributed by atoms with Gasteiger partial charge in [0.1, 0.15) is 0 Å². The monoisotopic (exact) mass is 356 g/mol. The van der Waals surface area contributed by atoms with Gasteiger partial charge in [-0.05, 0) is 25.7 Å². The average Bonchev–Trinajstić information content (AvgIpc) is 3.15. The van der Waals surface area contributed by atoms with Crippen LogP contribution in [0.5, 0.6) is 0 Å². The molecule has 3 aliphatic rings. The number of thioether (sulfide) groups is 1. The molecule has 0 unspecified atom stereocenters. The van der Waals surface area contributed by atoms with Gasteiger partial charge in [-0.3, -0.25) is 9.69 Å². The highest BCUT2D eigenvalue weighted by Gasteiger charge is 2.27. The summed E-state index contributed by atoms with van der Waals surface area (Å²) < 4.78 is 10.9. The average molecular weight is 357 g/mol. The van der Waals surface area contributed by atoms with E-state index < -0.39 is 0 Å². The summed E-state index contributed by atoms with van der Waals surface area (Å²) in [6.07, 6.45) is 7.25. The Bertz CT molecular complexity index is 378. The van der Waals surface area contributed by atoms with E-state index in [0.717, 1.165) is 65.4 Å². The number of amides is 1. The van der Waals surface area contributed by atoms with Gasteiger partial charge in [-0.25, -0.2) is 0 Å². The summed E-state index contributed by atoms with van der Waals surface area (Å²) in [6.45, 7) is 7.05. The maximum absolute atomic E-state index is 12.9. The third kappa shape index (κ3) is 5.61. The number of hydrogen-bond acceptors (Lipinski definition) is 5. The lowest BCUT2D eigenvalue weighted by Crippen LogP contribution is -2.49. The predicted molar refractivity (Wildman–Crippen MR) is 97.5 cm³/mol. The molecular formula is C18H32N2O3S. The van der Waals surface area contributed by atoms with Crippen molar-refractivity contribution >= 4 is 17.7 Å². The predicted octanol–water partition coefficient (Wildman–Crippen LogP) is 2.00. The second-order valence-electron chi connectivity index (χ2n) is 7.10. The molecule has 0 aromatic heterocycles. The van der Waals surface area contributed by atoms with Crippen LogP contribution >= 0.6 is 11.8 Å². The van der Waals surface area contributed by atoms with Crippen molar-refractivity contribution in [2.45, 2.75) is 49.8 Å².